The molecule has 2 aliphatic rings. The maximum atomic E-state index is 12.7. The summed E-state index contributed by atoms with van der Waals surface area (Å²) >= 11 is 0. The highest BCUT2D eigenvalue weighted by molar-refractivity contribution is 5.98. The number of likely N-dealkylation sites (tertiary alicyclic amines) is 1. The van der Waals surface area contributed by atoms with Crippen molar-refractivity contribution in [2.24, 2.45) is 11.8 Å². The molecule has 5 nitrogen and oxygen atoms in total. The van der Waals surface area contributed by atoms with Gasteiger partial charge in [-0.25, -0.2) is 4.79 Å². The van der Waals surface area contributed by atoms with E-state index in [2.05, 4.69) is 0 Å². The third-order valence-electron chi connectivity index (χ3n) is 4.84. The molecule has 1 saturated heterocycles. The molecule has 2 N–H and O–H groups in total. The number of phenols is 1. The molecule has 3 rings (SSSR count). The second-order valence-corrected chi connectivity index (χ2v) is 6.09. The SMILES string of the molecule is Cc1cc(O)ccc1C(=O)N1CC2CCCC2C1C(=O)O. The van der Waals surface area contributed by atoms with E-state index in [4.69, 9.17) is 0 Å². The first-order valence-electron chi connectivity index (χ1n) is 7.32. The number of nitrogens with zero attached hydrogens (tertiary/aromatic N) is 1. The van der Waals surface area contributed by atoms with Crippen LogP contribution in [0.5, 0.6) is 5.75 Å². The number of aliphatic carboxylic acids is 1. The summed E-state index contributed by atoms with van der Waals surface area (Å²) in [5.74, 6) is -0.642. The normalized spacial score (nSPS) is 27.7. The molecule has 21 heavy (non-hydrogen) atoms. The highest BCUT2D eigenvalue weighted by Crippen LogP contribution is 2.42. The molecule has 1 amide bonds. The van der Waals surface area contributed by atoms with Gasteiger partial charge in [0.15, 0.2) is 0 Å². The molecule has 3 atom stereocenters. The lowest BCUT2D eigenvalue weighted by atomic mass is 9.94. The third kappa shape index (κ3) is 2.26. The van der Waals surface area contributed by atoms with Crippen LogP contribution >= 0.6 is 0 Å². The zero-order chi connectivity index (χ0) is 15.1. The van der Waals surface area contributed by atoms with Gasteiger partial charge in [-0.3, -0.25) is 4.79 Å². The number of aryl methyl sites for hydroxylation is 1. The standard InChI is InChI=1S/C16H19NO4/c1-9-7-11(18)5-6-12(9)15(19)17-8-10-3-2-4-13(10)14(17)16(20)21/h5-7,10,13-14,18H,2-4,8H2,1H3,(H,20,21). The first kappa shape index (κ1) is 13.9. The lowest BCUT2D eigenvalue weighted by Gasteiger charge is -2.25. The fourth-order valence-electron chi connectivity index (χ4n) is 3.87. The zero-order valence-corrected chi connectivity index (χ0v) is 12.0. The monoisotopic (exact) mass is 289 g/mol. The Hall–Kier alpha value is -2.04. The summed E-state index contributed by atoms with van der Waals surface area (Å²) in [6.45, 7) is 2.28. The van der Waals surface area contributed by atoms with Crippen molar-refractivity contribution in [3.05, 3.63) is 29.3 Å². The number of aromatic hydroxyl groups is 1. The minimum absolute atomic E-state index is 0.0869. The van der Waals surface area contributed by atoms with Gasteiger partial charge in [0.25, 0.3) is 5.91 Å². The molecule has 0 radical (unpaired) electrons. The average molecular weight is 289 g/mol. The number of fused-ring (bicyclic) bond motifs is 1. The van der Waals surface area contributed by atoms with E-state index in [1.54, 1.807) is 13.0 Å². The Morgan fingerprint density at radius 2 is 2.05 bits per heavy atom. The smallest absolute Gasteiger partial charge is 0.326 e. The van der Waals surface area contributed by atoms with Gasteiger partial charge in [-0.15, -0.1) is 0 Å². The van der Waals surface area contributed by atoms with E-state index in [0.717, 1.165) is 19.3 Å². The molecule has 0 bridgehead atoms. The Bertz CT molecular complexity index is 598. The van der Waals surface area contributed by atoms with Crippen LogP contribution in [0.1, 0.15) is 35.2 Å². The molecular formula is C16H19NO4. The second-order valence-electron chi connectivity index (χ2n) is 6.09. The van der Waals surface area contributed by atoms with Gasteiger partial charge in [0.2, 0.25) is 0 Å². The number of carboxylic acids is 1. The van der Waals surface area contributed by atoms with Crippen molar-refractivity contribution in [2.45, 2.75) is 32.2 Å². The Balaban J connectivity index is 1.91. The molecular weight excluding hydrogens is 270 g/mol. The summed E-state index contributed by atoms with van der Waals surface area (Å²) in [7, 11) is 0. The van der Waals surface area contributed by atoms with Crippen LogP contribution in [-0.4, -0.2) is 39.6 Å². The average Bonchev–Trinajstić information content (AvgIpc) is 2.96. The van der Waals surface area contributed by atoms with Crippen LogP contribution in [0.15, 0.2) is 18.2 Å². The molecule has 0 spiro atoms. The molecule has 1 heterocycles. The van der Waals surface area contributed by atoms with Gasteiger partial charge in [-0.2, -0.15) is 0 Å². The number of rotatable bonds is 2. The molecule has 1 aromatic rings. The van der Waals surface area contributed by atoms with Crippen LogP contribution < -0.4 is 0 Å². The number of amides is 1. The largest absolute Gasteiger partial charge is 0.508 e. The highest BCUT2D eigenvalue weighted by Gasteiger charge is 2.49. The fourth-order valence-corrected chi connectivity index (χ4v) is 3.87. The van der Waals surface area contributed by atoms with Crippen molar-refractivity contribution in [3.8, 4) is 5.75 Å². The van der Waals surface area contributed by atoms with Crippen molar-refractivity contribution < 1.29 is 19.8 Å². The predicted molar refractivity (Wildman–Crippen MR) is 76.1 cm³/mol. The van der Waals surface area contributed by atoms with Gasteiger partial charge < -0.3 is 15.1 Å². The van der Waals surface area contributed by atoms with Gasteiger partial charge in [-0.1, -0.05) is 6.42 Å². The predicted octanol–water partition coefficient (Wildman–Crippen LogP) is 2.03. The Kier molecular flexibility index (Phi) is 3.35. The van der Waals surface area contributed by atoms with Crippen molar-refractivity contribution in [1.29, 1.82) is 0 Å². The van der Waals surface area contributed by atoms with E-state index < -0.39 is 12.0 Å². The van der Waals surface area contributed by atoms with Gasteiger partial charge in [0.1, 0.15) is 11.8 Å². The number of carbonyl (C=O) groups excluding carboxylic acids is 1. The molecule has 1 saturated carbocycles. The van der Waals surface area contributed by atoms with Gasteiger partial charge >= 0.3 is 5.97 Å². The summed E-state index contributed by atoms with van der Waals surface area (Å²) in [6, 6.07) is 3.85. The van der Waals surface area contributed by atoms with E-state index in [9.17, 15) is 19.8 Å². The van der Waals surface area contributed by atoms with E-state index in [1.165, 1.54) is 17.0 Å². The number of hydrogen-bond donors (Lipinski definition) is 2. The number of hydrogen-bond acceptors (Lipinski definition) is 3. The quantitative estimate of drug-likeness (QED) is 0.873. The van der Waals surface area contributed by atoms with Crippen LogP contribution in [-0.2, 0) is 4.79 Å². The number of benzene rings is 1. The number of phenolic OH excluding ortho intramolecular Hbond substituents is 1. The molecule has 2 fully saturated rings. The van der Waals surface area contributed by atoms with Crippen molar-refractivity contribution in [2.75, 3.05) is 6.54 Å². The van der Waals surface area contributed by atoms with E-state index in [0.29, 0.717) is 23.6 Å². The minimum Gasteiger partial charge on any atom is -0.508 e. The molecule has 1 aromatic carbocycles. The summed E-state index contributed by atoms with van der Waals surface area (Å²) in [5.41, 5.74) is 1.14. The molecule has 112 valence electrons. The first-order valence-corrected chi connectivity index (χ1v) is 7.32. The van der Waals surface area contributed by atoms with E-state index in [-0.39, 0.29) is 17.6 Å². The summed E-state index contributed by atoms with van der Waals surface area (Å²) in [4.78, 5) is 25.8. The van der Waals surface area contributed by atoms with Crippen molar-refractivity contribution in [1.82, 2.24) is 4.90 Å². The van der Waals surface area contributed by atoms with Crippen LogP contribution in [0, 0.1) is 18.8 Å². The van der Waals surface area contributed by atoms with E-state index in [1.807, 2.05) is 0 Å². The lowest BCUT2D eigenvalue weighted by Crippen LogP contribution is -2.43. The van der Waals surface area contributed by atoms with Gasteiger partial charge in [0, 0.05) is 12.1 Å². The molecule has 5 heteroatoms. The third-order valence-corrected chi connectivity index (χ3v) is 4.84. The minimum atomic E-state index is -0.908. The molecule has 1 aliphatic heterocycles. The van der Waals surface area contributed by atoms with Crippen LogP contribution in [0.3, 0.4) is 0 Å². The number of carbonyl (C=O) groups is 2. The van der Waals surface area contributed by atoms with Crippen LogP contribution in [0.4, 0.5) is 0 Å². The number of carboxylic acid groups (broad SMARTS) is 1. The zero-order valence-electron chi connectivity index (χ0n) is 12.0. The van der Waals surface area contributed by atoms with Crippen molar-refractivity contribution in [3.63, 3.8) is 0 Å². The van der Waals surface area contributed by atoms with Crippen molar-refractivity contribution >= 4 is 11.9 Å². The molecule has 0 aromatic heterocycles. The van der Waals surface area contributed by atoms with E-state index >= 15 is 0 Å². The molecule has 3 unspecified atom stereocenters. The summed E-state index contributed by atoms with van der Waals surface area (Å²) < 4.78 is 0. The summed E-state index contributed by atoms with van der Waals surface area (Å²) in [5, 5.41) is 18.9. The van der Waals surface area contributed by atoms with Gasteiger partial charge in [-0.05, 0) is 55.4 Å². The molecule has 1 aliphatic carbocycles. The maximum absolute atomic E-state index is 12.7. The lowest BCUT2D eigenvalue weighted by molar-refractivity contribution is -0.142. The highest BCUT2D eigenvalue weighted by atomic mass is 16.4. The Morgan fingerprint density at radius 3 is 2.71 bits per heavy atom. The topological polar surface area (TPSA) is 77.8 Å². The Labute approximate surface area is 123 Å². The first-order chi connectivity index (χ1) is 9.99. The second kappa shape index (κ2) is 5.06. The summed E-state index contributed by atoms with van der Waals surface area (Å²) in [6.07, 6.45) is 2.95. The van der Waals surface area contributed by atoms with Crippen LogP contribution in [0.25, 0.3) is 0 Å². The maximum Gasteiger partial charge on any atom is 0.326 e. The van der Waals surface area contributed by atoms with Gasteiger partial charge in [0.05, 0.1) is 0 Å². The Morgan fingerprint density at radius 1 is 1.29 bits per heavy atom. The van der Waals surface area contributed by atoms with Crippen LogP contribution in [0.2, 0.25) is 0 Å². The fraction of sp³-hybridized carbons (Fsp3) is 0.500.